The number of rotatable bonds is 2. The molecule has 0 saturated carbocycles. The fourth-order valence-corrected chi connectivity index (χ4v) is 4.40. The Labute approximate surface area is 127 Å². The highest BCUT2D eigenvalue weighted by molar-refractivity contribution is 7.92. The van der Waals surface area contributed by atoms with E-state index in [1.54, 1.807) is 25.3 Å². The number of aryl methyl sites for hydroxylation is 1. The van der Waals surface area contributed by atoms with E-state index in [4.69, 9.17) is 16.3 Å². The van der Waals surface area contributed by atoms with Gasteiger partial charge in [0.05, 0.1) is 17.8 Å². The molecular formula is C12H13ClN4O3S. The van der Waals surface area contributed by atoms with Crippen LogP contribution in [-0.4, -0.2) is 35.8 Å². The molecule has 2 aromatic rings. The van der Waals surface area contributed by atoms with Crippen molar-refractivity contribution >= 4 is 27.3 Å². The molecule has 1 unspecified atom stereocenters. The number of nitrogens with zero attached hydrogens (tertiary/aromatic N) is 4. The van der Waals surface area contributed by atoms with E-state index >= 15 is 0 Å². The Morgan fingerprint density at radius 1 is 1.48 bits per heavy atom. The number of hydrogen-bond acceptors (Lipinski definition) is 5. The third-order valence-corrected chi connectivity index (χ3v) is 5.42. The summed E-state index contributed by atoms with van der Waals surface area (Å²) in [5, 5.41) is 3.92. The van der Waals surface area contributed by atoms with Crippen LogP contribution in [0.3, 0.4) is 0 Å². The summed E-state index contributed by atoms with van der Waals surface area (Å²) in [6, 6.07) is 3.31. The van der Waals surface area contributed by atoms with E-state index < -0.39 is 10.0 Å². The molecule has 1 atom stereocenters. The largest absolute Gasteiger partial charge is 0.471 e. The summed E-state index contributed by atoms with van der Waals surface area (Å²) in [4.78, 5) is 4.08. The zero-order valence-electron chi connectivity index (χ0n) is 11.4. The van der Waals surface area contributed by atoms with E-state index in [0.29, 0.717) is 5.69 Å². The van der Waals surface area contributed by atoms with Crippen LogP contribution in [0, 0.1) is 0 Å². The lowest BCUT2D eigenvalue weighted by Gasteiger charge is -2.32. The zero-order valence-corrected chi connectivity index (χ0v) is 13.0. The molecule has 9 heteroatoms. The summed E-state index contributed by atoms with van der Waals surface area (Å²) in [5.74, 6) is 0.290. The van der Waals surface area contributed by atoms with Crippen LogP contribution in [0.15, 0.2) is 29.6 Å². The number of hydrogen-bond donors (Lipinski definition) is 0. The summed E-state index contributed by atoms with van der Waals surface area (Å²) in [6.45, 7) is 1.97. The van der Waals surface area contributed by atoms with Gasteiger partial charge in [-0.1, -0.05) is 11.6 Å². The summed E-state index contributed by atoms with van der Waals surface area (Å²) >= 11 is 5.98. The third kappa shape index (κ3) is 2.24. The molecule has 0 spiro atoms. The van der Waals surface area contributed by atoms with Crippen molar-refractivity contribution in [3.05, 3.63) is 29.5 Å². The Balaban J connectivity index is 2.16. The van der Waals surface area contributed by atoms with E-state index in [2.05, 4.69) is 10.1 Å². The van der Waals surface area contributed by atoms with E-state index in [1.807, 2.05) is 0 Å². The van der Waals surface area contributed by atoms with Gasteiger partial charge in [0.1, 0.15) is 11.8 Å². The summed E-state index contributed by atoms with van der Waals surface area (Å²) in [7, 11) is -2.31. The van der Waals surface area contributed by atoms with Crippen LogP contribution in [0.25, 0.3) is 0 Å². The summed E-state index contributed by atoms with van der Waals surface area (Å²) in [5.41, 5.74) is 0.396. The molecular weight excluding hydrogens is 316 g/mol. The smallest absolute Gasteiger partial charge is 0.283 e. The van der Waals surface area contributed by atoms with Crippen molar-refractivity contribution < 1.29 is 13.2 Å². The first-order valence-electron chi connectivity index (χ1n) is 6.23. The molecule has 0 saturated heterocycles. The molecule has 3 rings (SSSR count). The van der Waals surface area contributed by atoms with E-state index in [0.717, 1.165) is 0 Å². The van der Waals surface area contributed by atoms with Gasteiger partial charge in [0.2, 0.25) is 5.88 Å². The molecule has 0 aromatic carbocycles. The van der Waals surface area contributed by atoms with Gasteiger partial charge < -0.3 is 4.74 Å². The first kappa shape index (κ1) is 14.2. The molecule has 0 fully saturated rings. The van der Waals surface area contributed by atoms with Gasteiger partial charge in [-0.15, -0.1) is 0 Å². The zero-order chi connectivity index (χ0) is 15.2. The number of fused-ring (bicyclic) bond motifs is 1. The molecule has 7 nitrogen and oxygen atoms in total. The monoisotopic (exact) mass is 328 g/mol. The fraction of sp³-hybridized carbons (Fsp3) is 0.333. The van der Waals surface area contributed by atoms with Crippen LogP contribution < -0.4 is 9.04 Å². The maximum atomic E-state index is 12.9. The number of sulfonamides is 1. The van der Waals surface area contributed by atoms with Crippen molar-refractivity contribution in [2.75, 3.05) is 10.8 Å². The Hall–Kier alpha value is -1.80. The quantitative estimate of drug-likeness (QED) is 0.833. The predicted molar refractivity (Wildman–Crippen MR) is 77.1 cm³/mol. The molecule has 3 heterocycles. The van der Waals surface area contributed by atoms with Crippen molar-refractivity contribution in [2.24, 2.45) is 7.05 Å². The first-order chi connectivity index (χ1) is 9.91. The minimum absolute atomic E-state index is 0.0481. The Morgan fingerprint density at radius 3 is 2.90 bits per heavy atom. The number of pyridine rings is 1. The molecule has 1 aliphatic heterocycles. The molecule has 0 radical (unpaired) electrons. The molecule has 0 N–H and O–H groups in total. The van der Waals surface area contributed by atoms with Crippen LogP contribution in [0.2, 0.25) is 5.02 Å². The number of ether oxygens (including phenoxy) is 1. The maximum absolute atomic E-state index is 12.9. The average molecular weight is 329 g/mol. The van der Waals surface area contributed by atoms with E-state index in [-0.39, 0.29) is 28.6 Å². The number of aromatic nitrogens is 3. The molecule has 21 heavy (non-hydrogen) atoms. The van der Waals surface area contributed by atoms with Crippen LogP contribution in [0.4, 0.5) is 5.69 Å². The Morgan fingerprint density at radius 2 is 2.24 bits per heavy atom. The van der Waals surface area contributed by atoms with Gasteiger partial charge in [-0.05, 0) is 19.1 Å². The number of halogens is 1. The first-order valence-corrected chi connectivity index (χ1v) is 8.05. The average Bonchev–Trinajstić information content (AvgIpc) is 2.77. The molecule has 0 amide bonds. The lowest BCUT2D eigenvalue weighted by Crippen LogP contribution is -2.43. The number of anilines is 1. The van der Waals surface area contributed by atoms with Crippen molar-refractivity contribution in [1.29, 1.82) is 0 Å². The van der Waals surface area contributed by atoms with E-state index in [1.165, 1.54) is 22.2 Å². The second-order valence-electron chi connectivity index (χ2n) is 4.71. The van der Waals surface area contributed by atoms with Gasteiger partial charge in [-0.3, -0.25) is 8.99 Å². The maximum Gasteiger partial charge on any atom is 0.283 e. The van der Waals surface area contributed by atoms with Gasteiger partial charge in [0.25, 0.3) is 10.0 Å². The highest BCUT2D eigenvalue weighted by atomic mass is 35.5. The molecule has 1 aliphatic rings. The Bertz CT molecular complexity index is 770. The molecule has 112 valence electrons. The Kier molecular flexibility index (Phi) is 3.29. The second-order valence-corrected chi connectivity index (χ2v) is 6.90. The standard InChI is InChI=1S/C12H13ClN4O3S/c1-8-7-17(10-4-3-5-14-11(10)20-8)21(18,19)12-9(13)6-15-16(12)2/h3-6,8H,7H2,1-2H3. The highest BCUT2D eigenvalue weighted by Gasteiger charge is 2.36. The van der Waals surface area contributed by atoms with Crippen LogP contribution in [0.1, 0.15) is 6.92 Å². The molecule has 0 aliphatic carbocycles. The highest BCUT2D eigenvalue weighted by Crippen LogP contribution is 2.36. The lowest BCUT2D eigenvalue weighted by atomic mass is 10.3. The van der Waals surface area contributed by atoms with Crippen molar-refractivity contribution in [1.82, 2.24) is 14.8 Å². The second kappa shape index (κ2) is 4.88. The van der Waals surface area contributed by atoms with Gasteiger partial charge in [0.15, 0.2) is 5.03 Å². The van der Waals surface area contributed by atoms with Crippen molar-refractivity contribution in [2.45, 2.75) is 18.1 Å². The van der Waals surface area contributed by atoms with Gasteiger partial charge >= 0.3 is 0 Å². The fourth-order valence-electron chi connectivity index (χ4n) is 2.24. The molecule has 0 bridgehead atoms. The van der Waals surface area contributed by atoms with Gasteiger partial charge in [0, 0.05) is 13.2 Å². The van der Waals surface area contributed by atoms with Crippen LogP contribution >= 0.6 is 11.6 Å². The van der Waals surface area contributed by atoms with Gasteiger partial charge in [-0.2, -0.15) is 13.5 Å². The lowest BCUT2D eigenvalue weighted by molar-refractivity contribution is 0.210. The normalized spacial score (nSPS) is 18.2. The molecule has 2 aromatic heterocycles. The minimum atomic E-state index is -3.84. The summed E-state index contributed by atoms with van der Waals surface area (Å²) in [6.07, 6.45) is 2.55. The summed E-state index contributed by atoms with van der Waals surface area (Å²) < 4.78 is 33.9. The van der Waals surface area contributed by atoms with Crippen LogP contribution in [-0.2, 0) is 17.1 Å². The van der Waals surface area contributed by atoms with Crippen molar-refractivity contribution in [3.63, 3.8) is 0 Å². The topological polar surface area (TPSA) is 77.3 Å². The minimum Gasteiger partial charge on any atom is -0.471 e. The van der Waals surface area contributed by atoms with Crippen LogP contribution in [0.5, 0.6) is 5.88 Å². The SMILES string of the molecule is CC1CN(S(=O)(=O)c2c(Cl)cnn2C)c2cccnc2O1. The third-order valence-electron chi connectivity index (χ3n) is 3.13. The van der Waals surface area contributed by atoms with Crippen molar-refractivity contribution in [3.8, 4) is 5.88 Å². The predicted octanol–water partition coefficient (Wildman–Crippen LogP) is 1.44. The van der Waals surface area contributed by atoms with Gasteiger partial charge in [-0.25, -0.2) is 4.98 Å². The van der Waals surface area contributed by atoms with E-state index in [9.17, 15) is 8.42 Å².